The van der Waals surface area contributed by atoms with Crippen LogP contribution in [-0.4, -0.2) is 40.1 Å². The van der Waals surface area contributed by atoms with Crippen LogP contribution in [0.3, 0.4) is 0 Å². The number of aryl methyl sites for hydroxylation is 1. The van der Waals surface area contributed by atoms with Gasteiger partial charge in [0.1, 0.15) is 5.75 Å². The van der Waals surface area contributed by atoms with Gasteiger partial charge in [-0.2, -0.15) is 5.10 Å². The van der Waals surface area contributed by atoms with Gasteiger partial charge in [-0.25, -0.2) is 0 Å². The Morgan fingerprint density at radius 2 is 2.17 bits per heavy atom. The molecule has 0 aliphatic heterocycles. The van der Waals surface area contributed by atoms with Crippen molar-refractivity contribution in [3.05, 3.63) is 38.9 Å². The first-order valence-corrected chi connectivity index (χ1v) is 8.71. The van der Waals surface area contributed by atoms with Crippen molar-refractivity contribution in [1.82, 2.24) is 20.1 Å². The molecule has 7 heteroatoms. The number of nitrogens with one attached hydrogen (secondary N) is 1. The predicted molar refractivity (Wildman–Crippen MR) is 94.3 cm³/mol. The average molecular weight is 393 g/mol. The van der Waals surface area contributed by atoms with Crippen LogP contribution in [0, 0.1) is 13.8 Å². The van der Waals surface area contributed by atoms with E-state index in [1.165, 1.54) is 0 Å². The minimum atomic E-state index is -0.134. The van der Waals surface area contributed by atoms with Crippen molar-refractivity contribution in [2.24, 2.45) is 0 Å². The molecule has 2 heterocycles. The van der Waals surface area contributed by atoms with E-state index in [1.54, 1.807) is 25.3 Å². The summed E-state index contributed by atoms with van der Waals surface area (Å²) in [5, 5.41) is 7.19. The van der Waals surface area contributed by atoms with Crippen LogP contribution in [0.1, 0.15) is 51.8 Å². The molecule has 1 N–H and O–H groups in total. The van der Waals surface area contributed by atoms with E-state index in [2.05, 4.69) is 31.1 Å². The van der Waals surface area contributed by atoms with Gasteiger partial charge in [-0.15, -0.1) is 0 Å². The Morgan fingerprint density at radius 1 is 1.46 bits per heavy atom. The molecule has 0 spiro atoms. The molecule has 0 saturated heterocycles. The number of pyridine rings is 1. The minimum Gasteiger partial charge on any atom is -0.496 e. The summed E-state index contributed by atoms with van der Waals surface area (Å²) in [5.74, 6) is 1.19. The lowest BCUT2D eigenvalue weighted by Crippen LogP contribution is -2.27. The zero-order valence-corrected chi connectivity index (χ0v) is 15.9. The standard InChI is InChI=1S/C17H21BrN4O2/c1-9-7-19-12(10(2)16(9)24-4)8-22(3)17(23)15-13(18)14(20-21-15)11-5-6-11/h7,11H,5-6,8H2,1-4H3,(H,20,21). The maximum Gasteiger partial charge on any atom is 0.275 e. The number of aromatic amines is 1. The largest absolute Gasteiger partial charge is 0.496 e. The Bertz CT molecular complexity index is 783. The second-order valence-corrected chi connectivity index (χ2v) is 7.07. The van der Waals surface area contributed by atoms with E-state index in [0.29, 0.717) is 18.2 Å². The molecule has 1 saturated carbocycles. The molecule has 0 aromatic carbocycles. The SMILES string of the molecule is COc1c(C)cnc(CN(C)C(=O)c2n[nH]c(C3CC3)c2Br)c1C. The highest BCUT2D eigenvalue weighted by molar-refractivity contribution is 9.10. The number of hydrogen-bond donors (Lipinski definition) is 1. The Labute approximate surface area is 149 Å². The number of H-pyrrole nitrogens is 1. The number of hydrogen-bond acceptors (Lipinski definition) is 4. The smallest absolute Gasteiger partial charge is 0.275 e. The first-order valence-electron chi connectivity index (χ1n) is 7.92. The van der Waals surface area contributed by atoms with Crippen molar-refractivity contribution >= 4 is 21.8 Å². The van der Waals surface area contributed by atoms with Crippen LogP contribution in [-0.2, 0) is 6.54 Å². The van der Waals surface area contributed by atoms with Crippen LogP contribution in [0.5, 0.6) is 5.75 Å². The number of nitrogens with zero attached hydrogens (tertiary/aromatic N) is 3. The lowest BCUT2D eigenvalue weighted by molar-refractivity contribution is 0.0776. The van der Waals surface area contributed by atoms with Crippen molar-refractivity contribution in [2.75, 3.05) is 14.2 Å². The summed E-state index contributed by atoms with van der Waals surface area (Å²) >= 11 is 3.52. The third kappa shape index (κ3) is 3.05. The van der Waals surface area contributed by atoms with Gasteiger partial charge in [0, 0.05) is 30.3 Å². The maximum atomic E-state index is 12.7. The molecule has 0 atom stereocenters. The highest BCUT2D eigenvalue weighted by Gasteiger charge is 2.31. The number of ether oxygens (including phenoxy) is 1. The number of methoxy groups -OCH3 is 1. The van der Waals surface area contributed by atoms with E-state index in [1.807, 2.05) is 13.8 Å². The van der Waals surface area contributed by atoms with Crippen molar-refractivity contribution < 1.29 is 9.53 Å². The quantitative estimate of drug-likeness (QED) is 0.846. The Hall–Kier alpha value is -1.89. The number of rotatable bonds is 5. The normalized spacial score (nSPS) is 13.9. The molecule has 3 rings (SSSR count). The molecule has 2 aromatic rings. The number of carbonyl (C=O) groups excluding carboxylic acids is 1. The average Bonchev–Trinajstić information content (AvgIpc) is 3.32. The topological polar surface area (TPSA) is 71.1 Å². The van der Waals surface area contributed by atoms with Crippen molar-refractivity contribution in [3.8, 4) is 5.75 Å². The number of carbonyl (C=O) groups is 1. The molecule has 1 aliphatic rings. The van der Waals surface area contributed by atoms with Crippen LogP contribution in [0.15, 0.2) is 10.7 Å². The number of amides is 1. The van der Waals surface area contributed by atoms with Crippen LogP contribution < -0.4 is 4.74 Å². The summed E-state index contributed by atoms with van der Waals surface area (Å²) < 4.78 is 6.22. The summed E-state index contributed by atoms with van der Waals surface area (Å²) in [7, 11) is 3.40. The highest BCUT2D eigenvalue weighted by atomic mass is 79.9. The van der Waals surface area contributed by atoms with Gasteiger partial charge in [0.25, 0.3) is 5.91 Å². The Morgan fingerprint density at radius 3 is 2.79 bits per heavy atom. The van der Waals surface area contributed by atoms with Gasteiger partial charge in [0.2, 0.25) is 0 Å². The van der Waals surface area contributed by atoms with Crippen molar-refractivity contribution in [3.63, 3.8) is 0 Å². The first kappa shape index (κ1) is 17.0. The summed E-state index contributed by atoms with van der Waals surface area (Å²) in [4.78, 5) is 18.8. The fourth-order valence-electron chi connectivity index (χ4n) is 2.83. The van der Waals surface area contributed by atoms with Gasteiger partial charge >= 0.3 is 0 Å². The second-order valence-electron chi connectivity index (χ2n) is 6.28. The number of aromatic nitrogens is 3. The molecule has 1 amide bonds. The van der Waals surface area contributed by atoms with Crippen molar-refractivity contribution in [1.29, 1.82) is 0 Å². The van der Waals surface area contributed by atoms with Crippen molar-refractivity contribution in [2.45, 2.75) is 39.2 Å². The van der Waals surface area contributed by atoms with E-state index in [0.717, 1.165) is 45.6 Å². The molecule has 2 aromatic heterocycles. The highest BCUT2D eigenvalue weighted by Crippen LogP contribution is 2.43. The Balaban J connectivity index is 1.80. The van der Waals surface area contributed by atoms with E-state index in [9.17, 15) is 4.79 Å². The summed E-state index contributed by atoms with van der Waals surface area (Å²) in [6.07, 6.45) is 4.07. The molecule has 1 aliphatic carbocycles. The minimum absolute atomic E-state index is 0.134. The maximum absolute atomic E-state index is 12.7. The molecular weight excluding hydrogens is 372 g/mol. The molecule has 0 radical (unpaired) electrons. The fraction of sp³-hybridized carbons (Fsp3) is 0.471. The van der Waals surface area contributed by atoms with E-state index < -0.39 is 0 Å². The van der Waals surface area contributed by atoms with Gasteiger partial charge in [0.15, 0.2) is 5.69 Å². The van der Waals surface area contributed by atoms with Crippen LogP contribution in [0.2, 0.25) is 0 Å². The third-order valence-electron chi connectivity index (χ3n) is 4.40. The molecule has 0 bridgehead atoms. The van der Waals surface area contributed by atoms with Gasteiger partial charge in [-0.3, -0.25) is 14.9 Å². The van der Waals surface area contributed by atoms with Gasteiger partial charge in [-0.05, 0) is 42.6 Å². The second kappa shape index (κ2) is 6.55. The fourth-order valence-corrected chi connectivity index (χ4v) is 3.50. The number of halogens is 1. The Kier molecular flexibility index (Phi) is 4.62. The molecule has 6 nitrogen and oxygen atoms in total. The lowest BCUT2D eigenvalue weighted by Gasteiger charge is -2.18. The first-order chi connectivity index (χ1) is 11.4. The zero-order valence-electron chi connectivity index (χ0n) is 14.3. The summed E-state index contributed by atoms with van der Waals surface area (Å²) in [5.41, 5.74) is 4.21. The molecule has 24 heavy (non-hydrogen) atoms. The van der Waals surface area contributed by atoms with Gasteiger partial charge in [0.05, 0.1) is 29.5 Å². The van der Waals surface area contributed by atoms with Crippen LogP contribution in [0.4, 0.5) is 0 Å². The van der Waals surface area contributed by atoms with Gasteiger partial charge in [-0.1, -0.05) is 0 Å². The lowest BCUT2D eigenvalue weighted by atomic mass is 10.1. The summed E-state index contributed by atoms with van der Waals surface area (Å²) in [6, 6.07) is 0. The molecule has 1 fully saturated rings. The third-order valence-corrected chi connectivity index (χ3v) is 5.21. The van der Waals surface area contributed by atoms with Crippen LogP contribution >= 0.6 is 15.9 Å². The van der Waals surface area contributed by atoms with Gasteiger partial charge < -0.3 is 9.64 Å². The molecule has 128 valence electrons. The summed E-state index contributed by atoms with van der Waals surface area (Å²) in [6.45, 7) is 4.32. The van der Waals surface area contributed by atoms with E-state index >= 15 is 0 Å². The predicted octanol–water partition coefficient (Wildman–Crippen LogP) is 3.34. The zero-order chi connectivity index (χ0) is 17.4. The van der Waals surface area contributed by atoms with E-state index in [-0.39, 0.29) is 5.91 Å². The van der Waals surface area contributed by atoms with Crippen LogP contribution in [0.25, 0.3) is 0 Å². The monoisotopic (exact) mass is 392 g/mol. The molecule has 0 unspecified atom stereocenters. The molecular formula is C17H21BrN4O2. The van der Waals surface area contributed by atoms with E-state index in [4.69, 9.17) is 4.74 Å².